The third-order valence-electron chi connectivity index (χ3n) is 3.71. The van der Waals surface area contributed by atoms with E-state index in [0.717, 1.165) is 42.8 Å². The molecule has 2 aromatic rings. The minimum atomic E-state index is 0.0191. The van der Waals surface area contributed by atoms with Crippen LogP contribution in [0.4, 0.5) is 0 Å². The van der Waals surface area contributed by atoms with Gasteiger partial charge in [-0.05, 0) is 24.1 Å². The highest BCUT2D eigenvalue weighted by atomic mass is 16.5. The molecule has 5 nitrogen and oxygen atoms in total. The summed E-state index contributed by atoms with van der Waals surface area (Å²) >= 11 is 0. The van der Waals surface area contributed by atoms with Gasteiger partial charge in [0.15, 0.2) is 0 Å². The van der Waals surface area contributed by atoms with E-state index in [1.807, 2.05) is 17.9 Å². The lowest BCUT2D eigenvalue weighted by Gasteiger charge is -2.26. The highest BCUT2D eigenvalue weighted by Crippen LogP contribution is 2.21. The van der Waals surface area contributed by atoms with Crippen LogP contribution >= 0.6 is 0 Å². The lowest BCUT2D eigenvalue weighted by molar-refractivity contribution is 0.0720. The van der Waals surface area contributed by atoms with Crippen molar-refractivity contribution in [2.75, 3.05) is 19.8 Å². The molecule has 19 heavy (non-hydrogen) atoms. The molecule has 1 aliphatic rings. The summed E-state index contributed by atoms with van der Waals surface area (Å²) in [5.41, 5.74) is 9.57. The summed E-state index contributed by atoms with van der Waals surface area (Å²) in [6.07, 6.45) is 2.72. The van der Waals surface area contributed by atoms with Crippen molar-refractivity contribution in [1.82, 2.24) is 14.9 Å². The SMILES string of the molecule is Cn1cnc2cc(C(N)CC3COCCN3)ccc21. The van der Waals surface area contributed by atoms with E-state index < -0.39 is 0 Å². The second-order valence-electron chi connectivity index (χ2n) is 5.17. The predicted octanol–water partition coefficient (Wildman–Crippen LogP) is 0.952. The standard InChI is InChI=1S/C14H20N4O/c1-18-9-17-13-6-10(2-3-14(13)18)12(15)7-11-8-19-5-4-16-11/h2-3,6,9,11-12,16H,4-5,7-8,15H2,1H3. The van der Waals surface area contributed by atoms with Crippen LogP contribution in [0.25, 0.3) is 11.0 Å². The molecule has 0 bridgehead atoms. The smallest absolute Gasteiger partial charge is 0.0955 e. The number of nitrogens with zero attached hydrogens (tertiary/aromatic N) is 2. The second kappa shape index (κ2) is 5.28. The lowest BCUT2D eigenvalue weighted by Crippen LogP contribution is -2.42. The van der Waals surface area contributed by atoms with Gasteiger partial charge in [0.05, 0.1) is 30.6 Å². The van der Waals surface area contributed by atoms with Crippen molar-refractivity contribution < 1.29 is 4.74 Å². The first-order valence-corrected chi connectivity index (χ1v) is 6.72. The number of benzene rings is 1. The van der Waals surface area contributed by atoms with Crippen LogP contribution in [-0.2, 0) is 11.8 Å². The minimum absolute atomic E-state index is 0.0191. The van der Waals surface area contributed by atoms with Crippen molar-refractivity contribution in [2.24, 2.45) is 12.8 Å². The van der Waals surface area contributed by atoms with Crippen LogP contribution in [0.2, 0.25) is 0 Å². The Bertz CT molecular complexity index is 560. The van der Waals surface area contributed by atoms with Gasteiger partial charge in [-0.3, -0.25) is 0 Å². The zero-order chi connectivity index (χ0) is 13.2. The van der Waals surface area contributed by atoms with Crippen LogP contribution in [0.1, 0.15) is 18.0 Å². The Morgan fingerprint density at radius 1 is 1.58 bits per heavy atom. The molecule has 2 unspecified atom stereocenters. The number of hydrogen-bond donors (Lipinski definition) is 2. The Balaban J connectivity index is 1.75. The summed E-state index contributed by atoms with van der Waals surface area (Å²) in [6.45, 7) is 2.46. The van der Waals surface area contributed by atoms with Crippen molar-refractivity contribution in [1.29, 1.82) is 0 Å². The van der Waals surface area contributed by atoms with Gasteiger partial charge >= 0.3 is 0 Å². The van der Waals surface area contributed by atoms with E-state index in [-0.39, 0.29) is 6.04 Å². The molecule has 5 heteroatoms. The summed E-state index contributed by atoms with van der Waals surface area (Å²) in [4.78, 5) is 4.38. The molecular weight excluding hydrogens is 240 g/mol. The van der Waals surface area contributed by atoms with Crippen molar-refractivity contribution in [3.8, 4) is 0 Å². The average Bonchev–Trinajstić information content (AvgIpc) is 2.81. The number of ether oxygens (including phenoxy) is 1. The van der Waals surface area contributed by atoms with Crippen LogP contribution in [-0.4, -0.2) is 35.4 Å². The molecule has 0 spiro atoms. The van der Waals surface area contributed by atoms with Gasteiger partial charge in [-0.1, -0.05) is 6.07 Å². The van der Waals surface area contributed by atoms with E-state index in [0.29, 0.717) is 6.04 Å². The molecule has 1 aromatic carbocycles. The molecule has 3 rings (SSSR count). The summed E-state index contributed by atoms with van der Waals surface area (Å²) in [5.74, 6) is 0. The summed E-state index contributed by atoms with van der Waals surface area (Å²) in [5, 5.41) is 3.44. The summed E-state index contributed by atoms with van der Waals surface area (Å²) in [7, 11) is 2.00. The van der Waals surface area contributed by atoms with E-state index in [2.05, 4.69) is 28.5 Å². The largest absolute Gasteiger partial charge is 0.379 e. The van der Waals surface area contributed by atoms with E-state index in [9.17, 15) is 0 Å². The first kappa shape index (κ1) is 12.6. The van der Waals surface area contributed by atoms with Crippen LogP contribution < -0.4 is 11.1 Å². The fourth-order valence-corrected chi connectivity index (χ4v) is 2.60. The number of nitrogens with two attached hydrogens (primary N) is 1. The number of nitrogens with one attached hydrogen (secondary N) is 1. The van der Waals surface area contributed by atoms with Crippen LogP contribution in [0.5, 0.6) is 0 Å². The fraction of sp³-hybridized carbons (Fsp3) is 0.500. The number of aryl methyl sites for hydroxylation is 1. The minimum Gasteiger partial charge on any atom is -0.379 e. The van der Waals surface area contributed by atoms with Gasteiger partial charge in [0.2, 0.25) is 0 Å². The number of imidazole rings is 1. The van der Waals surface area contributed by atoms with Gasteiger partial charge in [0, 0.05) is 25.7 Å². The summed E-state index contributed by atoms with van der Waals surface area (Å²) < 4.78 is 7.47. The van der Waals surface area contributed by atoms with Crippen molar-refractivity contribution >= 4 is 11.0 Å². The first-order chi connectivity index (χ1) is 9.24. The number of aromatic nitrogens is 2. The molecule has 1 saturated heterocycles. The van der Waals surface area contributed by atoms with Gasteiger partial charge in [0.25, 0.3) is 0 Å². The van der Waals surface area contributed by atoms with Crippen LogP contribution in [0.15, 0.2) is 24.5 Å². The average molecular weight is 260 g/mol. The molecule has 0 saturated carbocycles. The first-order valence-electron chi connectivity index (χ1n) is 6.72. The second-order valence-corrected chi connectivity index (χ2v) is 5.17. The molecule has 1 fully saturated rings. The number of fused-ring (bicyclic) bond motifs is 1. The molecule has 2 heterocycles. The Labute approximate surface area is 112 Å². The van der Waals surface area contributed by atoms with Crippen LogP contribution in [0, 0.1) is 0 Å². The normalized spacial score (nSPS) is 21.7. The van der Waals surface area contributed by atoms with E-state index in [4.69, 9.17) is 10.5 Å². The predicted molar refractivity (Wildman–Crippen MR) is 74.9 cm³/mol. The highest BCUT2D eigenvalue weighted by Gasteiger charge is 2.18. The maximum atomic E-state index is 6.29. The van der Waals surface area contributed by atoms with Crippen LogP contribution in [0.3, 0.4) is 0 Å². The van der Waals surface area contributed by atoms with Gasteiger partial charge < -0.3 is 20.4 Å². The Kier molecular flexibility index (Phi) is 3.50. The molecule has 102 valence electrons. The molecule has 1 aromatic heterocycles. The van der Waals surface area contributed by atoms with Gasteiger partial charge in [-0.15, -0.1) is 0 Å². The lowest BCUT2D eigenvalue weighted by atomic mass is 9.99. The molecule has 2 atom stereocenters. The number of hydrogen-bond acceptors (Lipinski definition) is 4. The van der Waals surface area contributed by atoms with E-state index >= 15 is 0 Å². The maximum absolute atomic E-state index is 6.29. The molecule has 1 aliphatic heterocycles. The number of rotatable bonds is 3. The monoisotopic (exact) mass is 260 g/mol. The molecule has 0 radical (unpaired) electrons. The van der Waals surface area contributed by atoms with E-state index in [1.165, 1.54) is 0 Å². The third kappa shape index (κ3) is 2.63. The zero-order valence-corrected chi connectivity index (χ0v) is 11.2. The van der Waals surface area contributed by atoms with Crippen molar-refractivity contribution in [2.45, 2.75) is 18.5 Å². The molecule has 0 amide bonds. The van der Waals surface area contributed by atoms with Crippen molar-refractivity contribution in [3.63, 3.8) is 0 Å². The third-order valence-corrected chi connectivity index (χ3v) is 3.71. The summed E-state index contributed by atoms with van der Waals surface area (Å²) in [6, 6.07) is 6.64. The maximum Gasteiger partial charge on any atom is 0.0955 e. The number of morpholine rings is 1. The quantitative estimate of drug-likeness (QED) is 0.862. The Morgan fingerprint density at radius 3 is 3.26 bits per heavy atom. The topological polar surface area (TPSA) is 65.1 Å². The van der Waals surface area contributed by atoms with Gasteiger partial charge in [0.1, 0.15) is 0 Å². The van der Waals surface area contributed by atoms with Gasteiger partial charge in [-0.25, -0.2) is 4.98 Å². The molecular formula is C14H20N4O. The Morgan fingerprint density at radius 2 is 2.47 bits per heavy atom. The molecule has 0 aliphatic carbocycles. The fourth-order valence-electron chi connectivity index (χ4n) is 2.60. The molecule has 3 N–H and O–H groups in total. The van der Waals surface area contributed by atoms with E-state index in [1.54, 1.807) is 0 Å². The van der Waals surface area contributed by atoms with Crippen molar-refractivity contribution in [3.05, 3.63) is 30.1 Å². The zero-order valence-electron chi connectivity index (χ0n) is 11.2. The van der Waals surface area contributed by atoms with Gasteiger partial charge in [-0.2, -0.15) is 0 Å². The highest BCUT2D eigenvalue weighted by molar-refractivity contribution is 5.76. The Hall–Kier alpha value is -1.43.